The molecule has 0 aromatic carbocycles. The topological polar surface area (TPSA) is 26.0 Å². The zero-order chi connectivity index (χ0) is 6.57. The summed E-state index contributed by atoms with van der Waals surface area (Å²) in [5, 5.41) is 0. The van der Waals surface area contributed by atoms with Gasteiger partial charge in [-0.25, -0.2) is 0 Å². The summed E-state index contributed by atoms with van der Waals surface area (Å²) in [6.07, 6.45) is 2.51. The summed E-state index contributed by atoms with van der Waals surface area (Å²) >= 11 is 0. The number of rotatable bonds is 3. The van der Waals surface area contributed by atoms with E-state index in [1.807, 2.05) is 0 Å². The van der Waals surface area contributed by atoms with Gasteiger partial charge in [-0.3, -0.25) is 0 Å². The van der Waals surface area contributed by atoms with E-state index in [1.54, 1.807) is 0 Å². The molecule has 1 nitrogen and oxygen atoms in total. The van der Waals surface area contributed by atoms with E-state index in [0.717, 1.165) is 0 Å². The third-order valence-corrected chi connectivity index (χ3v) is 1.64. The Morgan fingerprint density at radius 1 is 1.38 bits per heavy atom. The second-order valence-electron chi connectivity index (χ2n) is 2.63. The summed E-state index contributed by atoms with van der Waals surface area (Å²) < 4.78 is 0. The molecule has 1 heteroatoms. The van der Waals surface area contributed by atoms with E-state index < -0.39 is 0 Å². The molecule has 0 radical (unpaired) electrons. The maximum Gasteiger partial charge on any atom is 0.00361 e. The molecule has 0 saturated heterocycles. The first-order chi connectivity index (χ1) is 3.68. The molecule has 0 aromatic heterocycles. The van der Waals surface area contributed by atoms with Crippen LogP contribution in [-0.4, -0.2) is 6.04 Å². The van der Waals surface area contributed by atoms with Crippen LogP contribution in [0.4, 0.5) is 0 Å². The highest BCUT2D eigenvalue weighted by molar-refractivity contribution is 4.61. The molecule has 2 N–H and O–H groups in total. The molecule has 0 unspecified atom stereocenters. The van der Waals surface area contributed by atoms with Crippen molar-refractivity contribution in [1.29, 1.82) is 0 Å². The summed E-state index contributed by atoms with van der Waals surface area (Å²) in [6, 6.07) is 0.370. The largest absolute Gasteiger partial charge is 0.328 e. The van der Waals surface area contributed by atoms with Crippen molar-refractivity contribution < 1.29 is 0 Å². The lowest BCUT2D eigenvalue weighted by molar-refractivity contribution is 0.446. The van der Waals surface area contributed by atoms with Crippen LogP contribution in [-0.2, 0) is 0 Å². The highest BCUT2D eigenvalue weighted by Gasteiger charge is 2.03. The second kappa shape index (κ2) is 3.90. The molecule has 0 heterocycles. The van der Waals surface area contributed by atoms with Crippen molar-refractivity contribution in [3.05, 3.63) is 0 Å². The van der Waals surface area contributed by atoms with Gasteiger partial charge in [0.05, 0.1) is 0 Å². The van der Waals surface area contributed by atoms with E-state index in [2.05, 4.69) is 20.8 Å². The van der Waals surface area contributed by atoms with Crippen LogP contribution in [0.2, 0.25) is 0 Å². The molecule has 0 aliphatic rings. The minimum atomic E-state index is 0.370. The van der Waals surface area contributed by atoms with Crippen LogP contribution in [0.3, 0.4) is 0 Å². The molecule has 50 valence electrons. The van der Waals surface area contributed by atoms with Gasteiger partial charge in [-0.05, 0) is 19.3 Å². The first-order valence-electron chi connectivity index (χ1n) is 3.44. The number of nitrogens with two attached hydrogens (primary N) is 1. The highest BCUT2D eigenvalue weighted by atomic mass is 14.6. The third-order valence-electron chi connectivity index (χ3n) is 1.64. The Morgan fingerprint density at radius 3 is 2.00 bits per heavy atom. The minimum Gasteiger partial charge on any atom is -0.328 e. The zero-order valence-electron chi connectivity index (χ0n) is 6.15. The molecule has 0 bridgehead atoms. The van der Waals surface area contributed by atoms with Crippen molar-refractivity contribution >= 4 is 0 Å². The van der Waals surface area contributed by atoms with E-state index in [9.17, 15) is 0 Å². The molecule has 0 spiro atoms. The van der Waals surface area contributed by atoms with Gasteiger partial charge < -0.3 is 5.73 Å². The number of hydrogen-bond acceptors (Lipinski definition) is 1. The van der Waals surface area contributed by atoms with Gasteiger partial charge in [-0.2, -0.15) is 0 Å². The average Bonchev–Trinajstić information content (AvgIpc) is 1.67. The van der Waals surface area contributed by atoms with Gasteiger partial charge in [0.2, 0.25) is 0 Å². The van der Waals surface area contributed by atoms with E-state index in [1.165, 1.54) is 12.8 Å². The lowest BCUT2D eigenvalue weighted by atomic mass is 9.99. The first-order valence-corrected chi connectivity index (χ1v) is 3.44. The molecule has 0 fully saturated rings. The summed E-state index contributed by atoms with van der Waals surface area (Å²) in [7, 11) is 0. The normalized spacial score (nSPS) is 18.0. The predicted molar refractivity (Wildman–Crippen MR) is 37.7 cm³/mol. The van der Waals surface area contributed by atoms with Gasteiger partial charge >= 0.3 is 0 Å². The van der Waals surface area contributed by atoms with E-state index in [0.29, 0.717) is 12.0 Å². The predicted octanol–water partition coefficient (Wildman–Crippen LogP) is 1.77. The van der Waals surface area contributed by atoms with Crippen molar-refractivity contribution in [1.82, 2.24) is 0 Å². The van der Waals surface area contributed by atoms with Crippen LogP contribution in [0.25, 0.3) is 0 Å². The Morgan fingerprint density at radius 2 is 1.88 bits per heavy atom. The lowest BCUT2D eigenvalue weighted by Gasteiger charge is -2.12. The fraction of sp³-hybridized carbons (Fsp3) is 1.00. The van der Waals surface area contributed by atoms with Crippen LogP contribution < -0.4 is 5.73 Å². The van der Waals surface area contributed by atoms with Gasteiger partial charge in [0.15, 0.2) is 0 Å². The molecule has 0 saturated carbocycles. The molecule has 0 amide bonds. The second-order valence-corrected chi connectivity index (χ2v) is 2.63. The van der Waals surface area contributed by atoms with Gasteiger partial charge in [-0.15, -0.1) is 0 Å². The van der Waals surface area contributed by atoms with Gasteiger partial charge in [0, 0.05) is 6.04 Å². The maximum atomic E-state index is 5.62. The molecule has 0 aromatic rings. The standard InChI is InChI=1S/C7H17N/c1-4-5-6(2)7(3)8/h6-7H,4-5,8H2,1-3H3/t6-,7-/m0/s1. The first kappa shape index (κ1) is 7.96. The lowest BCUT2D eigenvalue weighted by Crippen LogP contribution is -2.23. The fourth-order valence-corrected chi connectivity index (χ4v) is 0.718. The number of hydrogen-bond donors (Lipinski definition) is 1. The Hall–Kier alpha value is -0.0400. The molecular formula is C7H17N. The van der Waals surface area contributed by atoms with Gasteiger partial charge in [-0.1, -0.05) is 20.3 Å². The van der Waals surface area contributed by atoms with Crippen molar-refractivity contribution in [2.45, 2.75) is 39.7 Å². The summed E-state index contributed by atoms with van der Waals surface area (Å²) in [6.45, 7) is 6.47. The fourth-order valence-electron chi connectivity index (χ4n) is 0.718. The van der Waals surface area contributed by atoms with Crippen LogP contribution in [0, 0.1) is 5.92 Å². The average molecular weight is 115 g/mol. The summed E-state index contributed by atoms with van der Waals surface area (Å²) in [4.78, 5) is 0. The van der Waals surface area contributed by atoms with Crippen LogP contribution in [0.5, 0.6) is 0 Å². The molecule has 0 aliphatic heterocycles. The highest BCUT2D eigenvalue weighted by Crippen LogP contribution is 2.06. The van der Waals surface area contributed by atoms with Crippen molar-refractivity contribution in [3.63, 3.8) is 0 Å². The smallest absolute Gasteiger partial charge is 0.00361 e. The molecular weight excluding hydrogens is 98.1 g/mol. The molecule has 8 heavy (non-hydrogen) atoms. The SMILES string of the molecule is CCC[C@H](C)[C@H](C)N. The van der Waals surface area contributed by atoms with Gasteiger partial charge in [0.25, 0.3) is 0 Å². The van der Waals surface area contributed by atoms with Crippen molar-refractivity contribution in [2.75, 3.05) is 0 Å². The third kappa shape index (κ3) is 3.03. The van der Waals surface area contributed by atoms with Crippen LogP contribution in [0.1, 0.15) is 33.6 Å². The summed E-state index contributed by atoms with van der Waals surface area (Å²) in [5.74, 6) is 0.694. The Balaban J connectivity index is 3.17. The molecule has 2 atom stereocenters. The minimum absolute atomic E-state index is 0.370. The Kier molecular flexibility index (Phi) is 3.88. The zero-order valence-corrected chi connectivity index (χ0v) is 6.15. The van der Waals surface area contributed by atoms with E-state index in [4.69, 9.17) is 5.73 Å². The van der Waals surface area contributed by atoms with Crippen LogP contribution >= 0.6 is 0 Å². The van der Waals surface area contributed by atoms with Crippen molar-refractivity contribution in [2.24, 2.45) is 11.7 Å². The monoisotopic (exact) mass is 115 g/mol. The Labute approximate surface area is 52.3 Å². The van der Waals surface area contributed by atoms with Crippen LogP contribution in [0.15, 0.2) is 0 Å². The summed E-state index contributed by atoms with van der Waals surface area (Å²) in [5.41, 5.74) is 5.62. The molecule has 0 rings (SSSR count). The molecule has 0 aliphatic carbocycles. The Bertz CT molecular complexity index is 50.3. The van der Waals surface area contributed by atoms with E-state index in [-0.39, 0.29) is 0 Å². The van der Waals surface area contributed by atoms with Crippen molar-refractivity contribution in [3.8, 4) is 0 Å². The maximum absolute atomic E-state index is 5.62. The van der Waals surface area contributed by atoms with Gasteiger partial charge in [0.1, 0.15) is 0 Å². The van der Waals surface area contributed by atoms with E-state index >= 15 is 0 Å². The quantitative estimate of drug-likeness (QED) is 0.596.